The summed E-state index contributed by atoms with van der Waals surface area (Å²) in [5.41, 5.74) is 8.32. The van der Waals surface area contributed by atoms with E-state index in [1.54, 1.807) is 17.0 Å². The lowest BCUT2D eigenvalue weighted by Crippen LogP contribution is -2.26. The summed E-state index contributed by atoms with van der Waals surface area (Å²) < 4.78 is 38.8. The molecule has 0 spiro atoms. The van der Waals surface area contributed by atoms with Gasteiger partial charge in [0.1, 0.15) is 18.5 Å². The van der Waals surface area contributed by atoms with E-state index < -0.39 is 18.2 Å². The van der Waals surface area contributed by atoms with Crippen molar-refractivity contribution < 1.29 is 32.9 Å². The Bertz CT molecular complexity index is 913. The number of hydrogen-bond acceptors (Lipinski definition) is 6. The fourth-order valence-corrected chi connectivity index (χ4v) is 2.05. The lowest BCUT2D eigenvalue weighted by atomic mass is 10.1. The molecule has 8 nitrogen and oxygen atoms in total. The van der Waals surface area contributed by atoms with Crippen molar-refractivity contribution in [2.24, 2.45) is 5.73 Å². The summed E-state index contributed by atoms with van der Waals surface area (Å²) in [5.74, 6) is -2.06. The zero-order valence-corrected chi connectivity index (χ0v) is 14.4. The van der Waals surface area contributed by atoms with Gasteiger partial charge in [-0.25, -0.2) is 4.79 Å². The van der Waals surface area contributed by atoms with E-state index >= 15 is 0 Å². The number of rotatable bonds is 5. The highest BCUT2D eigenvalue weighted by Gasteiger charge is 2.38. The van der Waals surface area contributed by atoms with Gasteiger partial charge in [-0.3, -0.25) is 0 Å². The molecule has 4 N–H and O–H groups in total. The first-order chi connectivity index (χ1) is 13.2. The van der Waals surface area contributed by atoms with Gasteiger partial charge in [-0.2, -0.15) is 28.0 Å². The summed E-state index contributed by atoms with van der Waals surface area (Å²) in [6, 6.07) is 11.5. The van der Waals surface area contributed by atoms with Crippen LogP contribution in [0.3, 0.4) is 0 Å². The second-order valence-corrected chi connectivity index (χ2v) is 5.48. The number of fused-ring (bicyclic) bond motifs is 1. The molecule has 0 aliphatic carbocycles. The predicted octanol–water partition coefficient (Wildman–Crippen LogP) is 1.73. The number of carboxylic acids is 1. The van der Waals surface area contributed by atoms with Crippen molar-refractivity contribution in [2.45, 2.75) is 12.3 Å². The van der Waals surface area contributed by atoms with Crippen molar-refractivity contribution in [2.75, 3.05) is 13.2 Å². The highest BCUT2D eigenvalue weighted by atomic mass is 19.4. The van der Waals surface area contributed by atoms with Gasteiger partial charge >= 0.3 is 12.1 Å². The van der Waals surface area contributed by atoms with E-state index in [0.717, 1.165) is 16.6 Å². The van der Waals surface area contributed by atoms with Gasteiger partial charge in [0.25, 0.3) is 0 Å². The van der Waals surface area contributed by atoms with E-state index in [4.69, 9.17) is 20.4 Å². The lowest BCUT2D eigenvalue weighted by molar-refractivity contribution is -0.192. The molecule has 0 saturated heterocycles. The molecule has 0 aliphatic rings. The van der Waals surface area contributed by atoms with Crippen molar-refractivity contribution >= 4 is 11.5 Å². The van der Waals surface area contributed by atoms with Crippen LogP contribution in [-0.4, -0.2) is 56.4 Å². The van der Waals surface area contributed by atoms with Crippen LogP contribution < -0.4 is 10.5 Å². The first-order valence-corrected chi connectivity index (χ1v) is 7.93. The third-order valence-corrected chi connectivity index (χ3v) is 3.43. The summed E-state index contributed by atoms with van der Waals surface area (Å²) in [5, 5.41) is 24.9. The van der Waals surface area contributed by atoms with Crippen LogP contribution in [-0.2, 0) is 4.79 Å². The van der Waals surface area contributed by atoms with Crippen LogP contribution in [0.1, 0.15) is 0 Å². The van der Waals surface area contributed by atoms with Crippen LogP contribution in [0.4, 0.5) is 13.2 Å². The maximum absolute atomic E-state index is 10.6. The molecular formula is C17H17F3N4O4. The Morgan fingerprint density at radius 2 is 1.86 bits per heavy atom. The molecule has 2 heterocycles. The number of carbonyl (C=O) groups is 1. The number of carboxylic acid groups (broad SMARTS) is 1. The van der Waals surface area contributed by atoms with Gasteiger partial charge in [-0.1, -0.05) is 12.1 Å². The normalized spacial score (nSPS) is 12.2. The third kappa shape index (κ3) is 5.66. The quantitative estimate of drug-likeness (QED) is 0.598. The van der Waals surface area contributed by atoms with Crippen LogP contribution in [0.2, 0.25) is 0 Å². The lowest BCUT2D eigenvalue weighted by Gasteiger charge is -2.10. The van der Waals surface area contributed by atoms with Gasteiger partial charge in [-0.15, -0.1) is 0 Å². The van der Waals surface area contributed by atoms with Gasteiger partial charge < -0.3 is 20.7 Å². The minimum atomic E-state index is -5.08. The maximum Gasteiger partial charge on any atom is 0.490 e. The van der Waals surface area contributed by atoms with Crippen LogP contribution in [0.5, 0.6) is 5.75 Å². The Labute approximate surface area is 157 Å². The van der Waals surface area contributed by atoms with Crippen molar-refractivity contribution in [1.29, 1.82) is 0 Å². The molecule has 1 aromatic carbocycles. The van der Waals surface area contributed by atoms with E-state index in [9.17, 15) is 18.3 Å². The number of halogens is 3. The SMILES string of the molecule is NCC(O)COc1ccc(-c2cnn3ncccc23)cc1.O=C(O)C(F)(F)F. The van der Waals surface area contributed by atoms with Crippen molar-refractivity contribution in [3.63, 3.8) is 0 Å². The molecule has 28 heavy (non-hydrogen) atoms. The largest absolute Gasteiger partial charge is 0.491 e. The van der Waals surface area contributed by atoms with E-state index in [0.29, 0.717) is 5.75 Å². The molecule has 150 valence electrons. The minimum absolute atomic E-state index is 0.188. The van der Waals surface area contributed by atoms with Gasteiger partial charge in [-0.05, 0) is 29.8 Å². The molecule has 1 unspecified atom stereocenters. The Morgan fingerprint density at radius 3 is 2.43 bits per heavy atom. The number of aliphatic carboxylic acids is 1. The van der Waals surface area contributed by atoms with E-state index in [1.165, 1.54) is 0 Å². The number of ether oxygens (including phenoxy) is 1. The van der Waals surface area contributed by atoms with Gasteiger partial charge in [0.2, 0.25) is 0 Å². The van der Waals surface area contributed by atoms with Crippen molar-refractivity contribution in [3.05, 3.63) is 48.8 Å². The summed E-state index contributed by atoms with van der Waals surface area (Å²) in [6.07, 6.45) is -2.24. The number of hydrogen-bond donors (Lipinski definition) is 3. The number of aromatic nitrogens is 3. The van der Waals surface area contributed by atoms with Crippen LogP contribution in [0, 0.1) is 0 Å². The predicted molar refractivity (Wildman–Crippen MR) is 92.7 cm³/mol. The van der Waals surface area contributed by atoms with Gasteiger partial charge in [0, 0.05) is 18.3 Å². The van der Waals surface area contributed by atoms with Gasteiger partial charge in [0.15, 0.2) is 0 Å². The monoisotopic (exact) mass is 398 g/mol. The number of nitrogens with zero attached hydrogens (tertiary/aromatic N) is 3. The Morgan fingerprint density at radius 1 is 1.21 bits per heavy atom. The van der Waals surface area contributed by atoms with E-state index in [-0.39, 0.29) is 13.2 Å². The maximum atomic E-state index is 10.6. The molecule has 0 amide bonds. The van der Waals surface area contributed by atoms with Crippen LogP contribution in [0.15, 0.2) is 48.8 Å². The molecule has 0 saturated carbocycles. The molecule has 1 atom stereocenters. The molecule has 0 radical (unpaired) electrons. The van der Waals surface area contributed by atoms with E-state index in [1.807, 2.05) is 36.4 Å². The first-order valence-electron chi connectivity index (χ1n) is 7.93. The number of aliphatic hydroxyl groups excluding tert-OH is 1. The Hall–Kier alpha value is -3.18. The van der Waals surface area contributed by atoms with Crippen LogP contribution >= 0.6 is 0 Å². The average molecular weight is 398 g/mol. The first kappa shape index (κ1) is 21.1. The molecule has 0 fully saturated rings. The van der Waals surface area contributed by atoms with Crippen LogP contribution in [0.25, 0.3) is 16.6 Å². The zero-order valence-electron chi connectivity index (χ0n) is 14.4. The fourth-order valence-electron chi connectivity index (χ4n) is 2.05. The van der Waals surface area contributed by atoms with Crippen molar-refractivity contribution in [1.82, 2.24) is 14.8 Å². The molecule has 3 rings (SSSR count). The highest BCUT2D eigenvalue weighted by molar-refractivity contribution is 5.79. The second kappa shape index (κ2) is 9.15. The minimum Gasteiger partial charge on any atom is -0.491 e. The van der Waals surface area contributed by atoms with Gasteiger partial charge in [0.05, 0.1) is 11.7 Å². The number of alkyl halides is 3. The molecule has 0 bridgehead atoms. The smallest absolute Gasteiger partial charge is 0.490 e. The summed E-state index contributed by atoms with van der Waals surface area (Å²) in [4.78, 5) is 8.90. The summed E-state index contributed by atoms with van der Waals surface area (Å²) in [7, 11) is 0. The fraction of sp³-hybridized carbons (Fsp3) is 0.235. The summed E-state index contributed by atoms with van der Waals surface area (Å²) >= 11 is 0. The Kier molecular flexibility index (Phi) is 6.90. The molecule has 0 aliphatic heterocycles. The molecule has 2 aromatic heterocycles. The topological polar surface area (TPSA) is 123 Å². The highest BCUT2D eigenvalue weighted by Crippen LogP contribution is 2.25. The third-order valence-electron chi connectivity index (χ3n) is 3.43. The zero-order chi connectivity index (χ0) is 20.7. The average Bonchev–Trinajstić information content (AvgIpc) is 3.10. The number of nitrogens with two attached hydrogens (primary N) is 1. The number of aliphatic hydroxyl groups is 1. The second-order valence-electron chi connectivity index (χ2n) is 5.48. The standard InChI is InChI=1S/C15H16N4O2.C2HF3O2/c16-8-12(20)10-21-13-5-3-11(4-6-13)14-9-18-19-15(14)2-1-7-17-19;3-2(4,5)1(6)7/h1-7,9,12,20H,8,10,16H2;(H,6,7). The Balaban J connectivity index is 0.000000345. The molecular weight excluding hydrogens is 381 g/mol. The van der Waals surface area contributed by atoms with E-state index in [2.05, 4.69) is 10.2 Å². The number of benzene rings is 1. The molecule has 11 heteroatoms. The molecule has 3 aromatic rings. The summed E-state index contributed by atoms with van der Waals surface area (Å²) in [6.45, 7) is 0.379. The van der Waals surface area contributed by atoms with Crippen molar-refractivity contribution in [3.8, 4) is 16.9 Å².